The molecule has 0 aromatic carbocycles. The maximum atomic E-state index is 11.7. The number of thiazole rings is 1. The Morgan fingerprint density at radius 2 is 2.28 bits per heavy atom. The number of aliphatic hydroxyl groups is 1. The molecule has 1 aromatic rings. The second kappa shape index (κ2) is 7.15. The summed E-state index contributed by atoms with van der Waals surface area (Å²) in [6, 6.07) is 0. The lowest BCUT2D eigenvalue weighted by Crippen LogP contribution is -2.39. The Balaban J connectivity index is 2.37. The van der Waals surface area contributed by atoms with Crippen molar-refractivity contribution >= 4 is 21.5 Å². The summed E-state index contributed by atoms with van der Waals surface area (Å²) in [5, 5.41) is 11.5. The van der Waals surface area contributed by atoms with Crippen LogP contribution >= 0.6 is 11.3 Å². The molecule has 1 heterocycles. The normalized spacial score (nSPS) is 12.2. The van der Waals surface area contributed by atoms with Gasteiger partial charge >= 0.3 is 0 Å². The van der Waals surface area contributed by atoms with Crippen molar-refractivity contribution in [2.24, 2.45) is 0 Å². The molecule has 0 amide bonds. The van der Waals surface area contributed by atoms with Gasteiger partial charge in [0, 0.05) is 44.2 Å². The number of aliphatic hydroxyl groups excluding tert-OH is 1. The molecule has 0 saturated carbocycles. The second-order valence-electron chi connectivity index (χ2n) is 3.93. The minimum atomic E-state index is -3.45. The molecule has 0 saturated heterocycles. The van der Waals surface area contributed by atoms with Crippen molar-refractivity contribution in [2.75, 3.05) is 26.7 Å². The minimum absolute atomic E-state index is 0.0156. The van der Waals surface area contributed by atoms with Crippen LogP contribution in [0.5, 0.6) is 0 Å². The monoisotopic (exact) mass is 293 g/mol. The highest BCUT2D eigenvalue weighted by Crippen LogP contribution is 2.08. The first kappa shape index (κ1) is 15.5. The van der Waals surface area contributed by atoms with Gasteiger partial charge in [0.1, 0.15) is 0 Å². The van der Waals surface area contributed by atoms with Crippen LogP contribution in [0.3, 0.4) is 0 Å². The van der Waals surface area contributed by atoms with Crippen molar-refractivity contribution in [3.8, 4) is 0 Å². The zero-order valence-corrected chi connectivity index (χ0v) is 12.2. The highest BCUT2D eigenvalue weighted by Gasteiger charge is 2.16. The van der Waals surface area contributed by atoms with Gasteiger partial charge in [0.05, 0.1) is 5.01 Å². The van der Waals surface area contributed by atoms with E-state index >= 15 is 0 Å². The summed E-state index contributed by atoms with van der Waals surface area (Å²) in [6.45, 7) is 2.53. The lowest BCUT2D eigenvalue weighted by molar-refractivity contribution is 0.275. The molecule has 6 nitrogen and oxygen atoms in total. The van der Waals surface area contributed by atoms with Gasteiger partial charge in [0.2, 0.25) is 0 Å². The molecule has 1 rings (SSSR count). The molecule has 0 bridgehead atoms. The van der Waals surface area contributed by atoms with Crippen LogP contribution in [0, 0.1) is 6.92 Å². The van der Waals surface area contributed by atoms with Crippen LogP contribution in [0.4, 0.5) is 0 Å². The van der Waals surface area contributed by atoms with E-state index in [4.69, 9.17) is 5.11 Å². The number of hydrogen-bond acceptors (Lipinski definition) is 5. The highest BCUT2D eigenvalue weighted by molar-refractivity contribution is 7.87. The largest absolute Gasteiger partial charge is 0.396 e. The Morgan fingerprint density at radius 1 is 1.56 bits per heavy atom. The molecule has 104 valence electrons. The number of hydrogen-bond donors (Lipinski definition) is 2. The van der Waals surface area contributed by atoms with E-state index in [1.165, 1.54) is 22.7 Å². The van der Waals surface area contributed by atoms with Gasteiger partial charge in [0.15, 0.2) is 0 Å². The summed E-state index contributed by atoms with van der Waals surface area (Å²) in [5.41, 5.74) is 0.956. The molecule has 18 heavy (non-hydrogen) atoms. The van der Waals surface area contributed by atoms with Gasteiger partial charge in [-0.3, -0.25) is 0 Å². The van der Waals surface area contributed by atoms with Crippen LogP contribution < -0.4 is 4.72 Å². The smallest absolute Gasteiger partial charge is 0.279 e. The lowest BCUT2D eigenvalue weighted by atomic mass is 10.4. The van der Waals surface area contributed by atoms with E-state index in [1.807, 2.05) is 12.3 Å². The van der Waals surface area contributed by atoms with E-state index in [-0.39, 0.29) is 6.61 Å². The van der Waals surface area contributed by atoms with E-state index < -0.39 is 10.2 Å². The molecule has 8 heteroatoms. The van der Waals surface area contributed by atoms with Crippen LogP contribution in [-0.4, -0.2) is 49.6 Å². The molecule has 0 spiro atoms. The molecular weight excluding hydrogens is 274 g/mol. The molecular formula is C10H19N3O3S2. The summed E-state index contributed by atoms with van der Waals surface area (Å²) < 4.78 is 27.2. The zero-order chi connectivity index (χ0) is 13.6. The van der Waals surface area contributed by atoms with Gasteiger partial charge in [-0.25, -0.2) is 9.71 Å². The minimum Gasteiger partial charge on any atom is -0.396 e. The fourth-order valence-corrected chi connectivity index (χ4v) is 3.05. The van der Waals surface area contributed by atoms with Crippen LogP contribution in [0.15, 0.2) is 5.38 Å². The first-order chi connectivity index (χ1) is 8.45. The van der Waals surface area contributed by atoms with Gasteiger partial charge in [-0.1, -0.05) is 0 Å². The maximum Gasteiger partial charge on any atom is 0.279 e. The summed E-state index contributed by atoms with van der Waals surface area (Å²) >= 11 is 1.53. The topological polar surface area (TPSA) is 82.5 Å². The van der Waals surface area contributed by atoms with Crippen LogP contribution in [-0.2, 0) is 16.6 Å². The molecule has 0 unspecified atom stereocenters. The van der Waals surface area contributed by atoms with Crippen molar-refractivity contribution in [3.05, 3.63) is 16.1 Å². The Kier molecular flexibility index (Phi) is 6.16. The average Bonchev–Trinajstić information content (AvgIpc) is 2.71. The number of rotatable bonds is 8. The SMILES string of the molecule is Cc1csc(CCNS(=O)(=O)N(C)CCCO)n1. The first-order valence-corrected chi connectivity index (χ1v) is 8.00. The van der Waals surface area contributed by atoms with Gasteiger partial charge < -0.3 is 5.11 Å². The van der Waals surface area contributed by atoms with Gasteiger partial charge in [-0.15, -0.1) is 11.3 Å². The molecule has 0 fully saturated rings. The fourth-order valence-electron chi connectivity index (χ4n) is 1.33. The van der Waals surface area contributed by atoms with Crippen LogP contribution in [0.25, 0.3) is 0 Å². The third kappa shape index (κ3) is 4.99. The van der Waals surface area contributed by atoms with Crippen molar-refractivity contribution in [1.82, 2.24) is 14.0 Å². The molecule has 0 aliphatic heterocycles. The Labute approximate surface area is 112 Å². The molecule has 0 atom stereocenters. The quantitative estimate of drug-likeness (QED) is 0.714. The van der Waals surface area contributed by atoms with Crippen molar-refractivity contribution in [3.63, 3.8) is 0 Å². The number of nitrogens with zero attached hydrogens (tertiary/aromatic N) is 2. The summed E-state index contributed by atoms with van der Waals surface area (Å²) in [4.78, 5) is 4.26. The summed E-state index contributed by atoms with van der Waals surface area (Å²) in [5.74, 6) is 0. The third-order valence-electron chi connectivity index (χ3n) is 2.33. The van der Waals surface area contributed by atoms with Crippen LogP contribution in [0.2, 0.25) is 0 Å². The van der Waals surface area contributed by atoms with Gasteiger partial charge in [-0.2, -0.15) is 12.7 Å². The maximum absolute atomic E-state index is 11.7. The predicted molar refractivity (Wildman–Crippen MR) is 71.8 cm³/mol. The standard InChI is InChI=1S/C10H19N3O3S2/c1-9-8-17-10(12-9)4-5-11-18(15,16)13(2)6-3-7-14/h8,11,14H,3-7H2,1-2H3. The molecule has 0 radical (unpaired) electrons. The van der Waals surface area contributed by atoms with E-state index in [1.54, 1.807) is 0 Å². The van der Waals surface area contributed by atoms with Gasteiger partial charge in [0.25, 0.3) is 10.2 Å². The highest BCUT2D eigenvalue weighted by atomic mass is 32.2. The molecule has 1 aromatic heterocycles. The van der Waals surface area contributed by atoms with E-state index in [2.05, 4.69) is 9.71 Å². The summed E-state index contributed by atoms with van der Waals surface area (Å²) in [7, 11) is -1.96. The molecule has 0 aliphatic carbocycles. The Hall–Kier alpha value is -0.540. The number of aryl methyl sites for hydroxylation is 1. The second-order valence-corrected chi connectivity index (χ2v) is 6.74. The van der Waals surface area contributed by atoms with Crippen molar-refractivity contribution in [1.29, 1.82) is 0 Å². The Bertz CT molecular complexity index is 459. The van der Waals surface area contributed by atoms with Crippen molar-refractivity contribution in [2.45, 2.75) is 19.8 Å². The number of nitrogens with one attached hydrogen (secondary N) is 1. The molecule has 2 N–H and O–H groups in total. The summed E-state index contributed by atoms with van der Waals surface area (Å²) in [6.07, 6.45) is 1.02. The lowest BCUT2D eigenvalue weighted by Gasteiger charge is -2.16. The van der Waals surface area contributed by atoms with E-state index in [0.717, 1.165) is 10.7 Å². The third-order valence-corrected chi connectivity index (χ3v) is 4.93. The average molecular weight is 293 g/mol. The predicted octanol–water partition coefficient (Wildman–Crippen LogP) is 0.143. The number of aromatic nitrogens is 1. The first-order valence-electron chi connectivity index (χ1n) is 5.68. The van der Waals surface area contributed by atoms with E-state index in [9.17, 15) is 8.42 Å². The zero-order valence-electron chi connectivity index (χ0n) is 10.6. The van der Waals surface area contributed by atoms with Gasteiger partial charge in [-0.05, 0) is 13.3 Å². The molecule has 0 aliphatic rings. The van der Waals surface area contributed by atoms with E-state index in [0.29, 0.717) is 25.9 Å². The van der Waals surface area contributed by atoms with Crippen LogP contribution in [0.1, 0.15) is 17.1 Å². The Morgan fingerprint density at radius 3 is 2.83 bits per heavy atom. The fraction of sp³-hybridized carbons (Fsp3) is 0.700. The van der Waals surface area contributed by atoms with Crippen molar-refractivity contribution < 1.29 is 13.5 Å².